The molecule has 1 amide bonds. The van der Waals surface area contributed by atoms with Gasteiger partial charge in [0.25, 0.3) is 0 Å². The maximum Gasteiger partial charge on any atom is 0.227 e. The number of hydrogen-bond acceptors (Lipinski definition) is 5. The summed E-state index contributed by atoms with van der Waals surface area (Å²) in [5.41, 5.74) is 1.64. The summed E-state index contributed by atoms with van der Waals surface area (Å²) in [4.78, 5) is 15.5. The summed E-state index contributed by atoms with van der Waals surface area (Å²) in [6.45, 7) is 5.78. The van der Waals surface area contributed by atoms with E-state index in [0.29, 0.717) is 46.0 Å². The molecule has 1 atom stereocenters. The highest BCUT2D eigenvalue weighted by atomic mass is 79.9. The van der Waals surface area contributed by atoms with E-state index in [0.717, 1.165) is 0 Å². The van der Waals surface area contributed by atoms with Gasteiger partial charge in [-0.3, -0.25) is 4.79 Å². The molecular formula is C20H20BrFN2O4. The van der Waals surface area contributed by atoms with Crippen LogP contribution in [-0.2, 0) is 4.79 Å². The van der Waals surface area contributed by atoms with E-state index in [9.17, 15) is 9.18 Å². The molecule has 28 heavy (non-hydrogen) atoms. The Hall–Kier alpha value is -2.61. The van der Waals surface area contributed by atoms with Crippen LogP contribution in [0.15, 0.2) is 39.2 Å². The number of rotatable bonds is 7. The maximum absolute atomic E-state index is 14.3. The summed E-state index contributed by atoms with van der Waals surface area (Å²) < 4.78 is 31.5. The molecule has 1 N–H and O–H groups in total. The number of nitrogens with zero attached hydrogens (tertiary/aromatic N) is 1. The summed E-state index contributed by atoms with van der Waals surface area (Å²) in [7, 11) is 0. The van der Waals surface area contributed by atoms with Gasteiger partial charge in [0.2, 0.25) is 11.8 Å². The van der Waals surface area contributed by atoms with Crippen LogP contribution in [0, 0.1) is 5.82 Å². The third kappa shape index (κ3) is 4.62. The van der Waals surface area contributed by atoms with Gasteiger partial charge < -0.3 is 19.2 Å². The van der Waals surface area contributed by atoms with Crippen LogP contribution in [0.5, 0.6) is 11.5 Å². The van der Waals surface area contributed by atoms with Crippen LogP contribution in [0.25, 0.3) is 22.6 Å². The van der Waals surface area contributed by atoms with Gasteiger partial charge >= 0.3 is 0 Å². The lowest BCUT2D eigenvalue weighted by Crippen LogP contribution is -2.35. The van der Waals surface area contributed by atoms with E-state index in [1.807, 2.05) is 6.92 Å². The lowest BCUT2D eigenvalue weighted by molar-refractivity contribution is -0.119. The Balaban J connectivity index is 1.82. The van der Waals surface area contributed by atoms with E-state index in [1.165, 1.54) is 13.0 Å². The van der Waals surface area contributed by atoms with Crippen molar-refractivity contribution >= 4 is 32.9 Å². The number of amides is 1. The van der Waals surface area contributed by atoms with Gasteiger partial charge in [0.05, 0.1) is 17.1 Å². The van der Waals surface area contributed by atoms with Crippen LogP contribution >= 0.6 is 15.9 Å². The Labute approximate surface area is 170 Å². The van der Waals surface area contributed by atoms with Gasteiger partial charge in [0, 0.05) is 18.6 Å². The molecule has 1 heterocycles. The quantitative estimate of drug-likeness (QED) is 0.564. The Morgan fingerprint density at radius 1 is 1.32 bits per heavy atom. The van der Waals surface area contributed by atoms with Crippen molar-refractivity contribution in [1.82, 2.24) is 10.3 Å². The van der Waals surface area contributed by atoms with Crippen LogP contribution in [0.4, 0.5) is 4.39 Å². The zero-order chi connectivity index (χ0) is 20.3. The molecule has 0 saturated heterocycles. The first-order valence-electron chi connectivity index (χ1n) is 8.80. The highest BCUT2D eigenvalue weighted by molar-refractivity contribution is 9.10. The average molecular weight is 451 g/mol. The summed E-state index contributed by atoms with van der Waals surface area (Å²) in [6, 6.07) is 8.15. The van der Waals surface area contributed by atoms with Crippen LogP contribution < -0.4 is 14.8 Å². The molecular weight excluding hydrogens is 431 g/mol. The number of hydrogen-bond donors (Lipinski definition) is 1. The number of oxazole rings is 1. The first kappa shape index (κ1) is 20.1. The van der Waals surface area contributed by atoms with E-state index < -0.39 is 5.82 Å². The minimum Gasteiger partial charge on any atom is -0.491 e. The Bertz CT molecular complexity index is 982. The average Bonchev–Trinajstić information content (AvgIpc) is 3.05. The predicted molar refractivity (Wildman–Crippen MR) is 107 cm³/mol. The molecule has 3 aromatic rings. The van der Waals surface area contributed by atoms with Crippen molar-refractivity contribution in [2.24, 2.45) is 0 Å². The van der Waals surface area contributed by atoms with Crippen molar-refractivity contribution < 1.29 is 23.1 Å². The molecule has 0 saturated carbocycles. The molecule has 0 spiro atoms. The van der Waals surface area contributed by atoms with E-state index in [-0.39, 0.29) is 17.7 Å². The molecule has 0 fully saturated rings. The van der Waals surface area contributed by atoms with Gasteiger partial charge in [-0.1, -0.05) is 0 Å². The minimum absolute atomic E-state index is 0.111. The van der Waals surface area contributed by atoms with Crippen molar-refractivity contribution in [1.29, 1.82) is 0 Å². The molecule has 1 aromatic heterocycles. The third-order valence-electron chi connectivity index (χ3n) is 3.84. The van der Waals surface area contributed by atoms with E-state index >= 15 is 0 Å². The van der Waals surface area contributed by atoms with Gasteiger partial charge in [0.15, 0.2) is 17.1 Å². The first-order chi connectivity index (χ1) is 13.4. The molecule has 8 heteroatoms. The molecule has 0 radical (unpaired) electrons. The van der Waals surface area contributed by atoms with Gasteiger partial charge in [-0.2, -0.15) is 0 Å². The smallest absolute Gasteiger partial charge is 0.227 e. The number of ether oxygens (including phenoxy) is 2. The molecule has 148 valence electrons. The predicted octanol–water partition coefficient (Wildman–Crippen LogP) is 4.70. The number of benzene rings is 2. The monoisotopic (exact) mass is 450 g/mol. The maximum atomic E-state index is 14.3. The van der Waals surface area contributed by atoms with E-state index in [2.05, 4.69) is 26.2 Å². The Kier molecular flexibility index (Phi) is 6.18. The van der Waals surface area contributed by atoms with Gasteiger partial charge in [-0.15, -0.1) is 0 Å². The van der Waals surface area contributed by atoms with Crippen LogP contribution in [0.1, 0.15) is 20.8 Å². The summed E-state index contributed by atoms with van der Waals surface area (Å²) in [5.74, 6) is 0.434. The Morgan fingerprint density at radius 3 is 2.79 bits per heavy atom. The molecule has 6 nitrogen and oxygen atoms in total. The van der Waals surface area contributed by atoms with Crippen LogP contribution in [-0.4, -0.2) is 30.1 Å². The van der Waals surface area contributed by atoms with Gasteiger partial charge in [-0.05, 0) is 54.0 Å². The molecule has 2 aromatic carbocycles. The standard InChI is InChI=1S/C20H20BrFN2O4/c1-4-26-19-15(21)7-13(8-16(19)22)20-24-17-6-5-14(9-18(17)28-20)27-10-11(2)23-12(3)25/h5-9,11H,4,10H2,1-3H3,(H,23,25)/t11-/m0/s1. The number of carbonyl (C=O) groups is 1. The largest absolute Gasteiger partial charge is 0.491 e. The topological polar surface area (TPSA) is 73.6 Å². The summed E-state index contributed by atoms with van der Waals surface area (Å²) >= 11 is 3.32. The zero-order valence-electron chi connectivity index (χ0n) is 15.7. The first-order valence-corrected chi connectivity index (χ1v) is 9.59. The fourth-order valence-corrected chi connectivity index (χ4v) is 3.24. The van der Waals surface area contributed by atoms with Crippen molar-refractivity contribution in [3.8, 4) is 23.0 Å². The molecule has 0 unspecified atom stereocenters. The third-order valence-corrected chi connectivity index (χ3v) is 4.43. The molecule has 3 rings (SSSR count). The lowest BCUT2D eigenvalue weighted by atomic mass is 10.2. The van der Waals surface area contributed by atoms with Crippen LogP contribution in [0.3, 0.4) is 0 Å². The minimum atomic E-state index is -0.496. The van der Waals surface area contributed by atoms with Gasteiger partial charge in [-0.25, -0.2) is 9.37 Å². The number of aromatic nitrogens is 1. The highest BCUT2D eigenvalue weighted by Gasteiger charge is 2.16. The van der Waals surface area contributed by atoms with Crippen molar-refractivity contribution in [3.63, 3.8) is 0 Å². The molecule has 0 aliphatic heterocycles. The summed E-state index contributed by atoms with van der Waals surface area (Å²) in [6.07, 6.45) is 0. The lowest BCUT2D eigenvalue weighted by Gasteiger charge is -2.13. The van der Waals surface area contributed by atoms with E-state index in [1.54, 1.807) is 31.2 Å². The van der Waals surface area contributed by atoms with Crippen LogP contribution in [0.2, 0.25) is 0 Å². The normalized spacial score (nSPS) is 12.0. The Morgan fingerprint density at radius 2 is 2.11 bits per heavy atom. The van der Waals surface area contributed by atoms with Crippen molar-refractivity contribution in [2.75, 3.05) is 13.2 Å². The van der Waals surface area contributed by atoms with Crippen molar-refractivity contribution in [2.45, 2.75) is 26.8 Å². The molecule has 0 aliphatic rings. The van der Waals surface area contributed by atoms with E-state index in [4.69, 9.17) is 13.9 Å². The fourth-order valence-electron chi connectivity index (χ4n) is 2.69. The highest BCUT2D eigenvalue weighted by Crippen LogP contribution is 2.35. The molecule has 0 bridgehead atoms. The zero-order valence-corrected chi connectivity index (χ0v) is 17.3. The number of carbonyl (C=O) groups excluding carboxylic acids is 1. The number of nitrogens with one attached hydrogen (secondary N) is 1. The second kappa shape index (κ2) is 8.60. The summed E-state index contributed by atoms with van der Waals surface area (Å²) in [5, 5.41) is 2.75. The number of fused-ring (bicyclic) bond motifs is 1. The second-order valence-electron chi connectivity index (χ2n) is 6.26. The SMILES string of the molecule is CCOc1c(F)cc(-c2nc3ccc(OC[C@H](C)NC(C)=O)cc3o2)cc1Br. The second-order valence-corrected chi connectivity index (χ2v) is 7.12. The van der Waals surface area contributed by atoms with Crippen molar-refractivity contribution in [3.05, 3.63) is 40.6 Å². The fraction of sp³-hybridized carbons (Fsp3) is 0.300. The molecule has 0 aliphatic carbocycles. The van der Waals surface area contributed by atoms with Gasteiger partial charge in [0.1, 0.15) is 17.9 Å². The number of halogens is 2.